The van der Waals surface area contributed by atoms with E-state index in [1.54, 1.807) is 0 Å². The summed E-state index contributed by atoms with van der Waals surface area (Å²) in [6, 6.07) is 4.77. The zero-order valence-corrected chi connectivity index (χ0v) is 9.32. The molecule has 1 rings (SSSR count). The summed E-state index contributed by atoms with van der Waals surface area (Å²) in [4.78, 5) is 1.44. The van der Waals surface area contributed by atoms with E-state index in [-0.39, 0.29) is 0 Å². The molecule has 1 N–H and O–H groups in total. The van der Waals surface area contributed by atoms with E-state index in [1.165, 1.54) is 10.5 Å². The van der Waals surface area contributed by atoms with E-state index in [2.05, 4.69) is 42.8 Å². The quantitative estimate of drug-likeness (QED) is 0.728. The molecule has 0 aliphatic rings. The van der Waals surface area contributed by atoms with Crippen LogP contribution in [0.25, 0.3) is 0 Å². The van der Waals surface area contributed by atoms with Crippen LogP contribution in [0.4, 0.5) is 0 Å². The molecule has 0 amide bonds. The summed E-state index contributed by atoms with van der Waals surface area (Å²) in [5.74, 6) is 0. The van der Waals surface area contributed by atoms with Gasteiger partial charge in [-0.2, -0.15) is 0 Å². The fourth-order valence-electron chi connectivity index (χ4n) is 1.29. The van der Waals surface area contributed by atoms with Crippen LogP contribution in [0.2, 0.25) is 0 Å². The normalized spacial score (nSPS) is 12.5. The highest BCUT2D eigenvalue weighted by molar-refractivity contribution is 7.09. The maximum atomic E-state index is 3.30. The first kappa shape index (κ1) is 10.5. The molecule has 13 heavy (non-hydrogen) atoms. The second kappa shape index (κ2) is 5.20. The lowest BCUT2D eigenvalue weighted by Crippen LogP contribution is -2.25. The highest BCUT2D eigenvalue weighted by atomic mass is 32.1. The third-order valence-corrected chi connectivity index (χ3v) is 2.81. The molecule has 1 atom stereocenters. The summed E-state index contributed by atoms with van der Waals surface area (Å²) < 4.78 is 0. The maximum absolute atomic E-state index is 3.30. The minimum absolute atomic E-state index is 0.476. The number of nitrogens with one attached hydrogen (secondary N) is 1. The average molecular weight is 195 g/mol. The molecule has 0 aliphatic carbocycles. The van der Waals surface area contributed by atoms with Crippen LogP contribution in [0.15, 0.2) is 29.2 Å². The van der Waals surface area contributed by atoms with Gasteiger partial charge in [0.1, 0.15) is 0 Å². The lowest BCUT2D eigenvalue weighted by atomic mass is 10.1. The fraction of sp³-hybridized carbons (Fsp3) is 0.455. The Hall–Kier alpha value is -0.600. The molecule has 1 aromatic heterocycles. The van der Waals surface area contributed by atoms with Gasteiger partial charge >= 0.3 is 0 Å². The highest BCUT2D eigenvalue weighted by Gasteiger charge is 2.03. The smallest absolute Gasteiger partial charge is 0.0297 e. The third kappa shape index (κ3) is 3.75. The molecule has 2 heteroatoms. The number of thiophene rings is 1. The minimum Gasteiger partial charge on any atom is -0.313 e. The van der Waals surface area contributed by atoms with Crippen molar-refractivity contribution in [2.24, 2.45) is 0 Å². The second-order valence-corrected chi connectivity index (χ2v) is 4.45. The van der Waals surface area contributed by atoms with Crippen molar-refractivity contribution in [2.75, 3.05) is 7.05 Å². The van der Waals surface area contributed by atoms with Gasteiger partial charge < -0.3 is 5.32 Å². The lowest BCUT2D eigenvalue weighted by molar-refractivity contribution is 0.665. The molecule has 1 heterocycles. The van der Waals surface area contributed by atoms with Crippen molar-refractivity contribution in [3.63, 3.8) is 0 Å². The Kier molecular flexibility index (Phi) is 4.19. The molecule has 0 saturated heterocycles. The van der Waals surface area contributed by atoms with E-state index in [1.807, 2.05) is 18.4 Å². The minimum atomic E-state index is 0.476. The molecular formula is C11H17NS. The Bertz CT molecular complexity index is 258. The Morgan fingerprint density at radius 2 is 2.38 bits per heavy atom. The maximum Gasteiger partial charge on any atom is 0.0297 e. The Labute approximate surface area is 84.5 Å². The summed E-state index contributed by atoms with van der Waals surface area (Å²) in [6.07, 6.45) is 3.37. The molecule has 72 valence electrons. The Morgan fingerprint density at radius 1 is 1.62 bits per heavy atom. The summed E-state index contributed by atoms with van der Waals surface area (Å²) in [7, 11) is 2.01. The number of hydrogen-bond acceptors (Lipinski definition) is 2. The zero-order chi connectivity index (χ0) is 9.68. The predicted molar refractivity (Wildman–Crippen MR) is 60.3 cm³/mol. The van der Waals surface area contributed by atoms with Crippen molar-refractivity contribution in [1.82, 2.24) is 5.32 Å². The van der Waals surface area contributed by atoms with Crippen molar-refractivity contribution in [3.05, 3.63) is 34.0 Å². The molecule has 1 unspecified atom stereocenters. The summed E-state index contributed by atoms with van der Waals surface area (Å²) in [5.41, 5.74) is 1.37. The molecule has 0 aliphatic heterocycles. The third-order valence-electron chi connectivity index (χ3n) is 1.91. The van der Waals surface area contributed by atoms with Crippen molar-refractivity contribution in [3.8, 4) is 0 Å². The average Bonchev–Trinajstić information content (AvgIpc) is 2.55. The summed E-state index contributed by atoms with van der Waals surface area (Å²) >= 11 is 1.82. The molecule has 0 bridgehead atoms. The monoisotopic (exact) mass is 195 g/mol. The van der Waals surface area contributed by atoms with E-state index < -0.39 is 0 Å². The fourth-order valence-corrected chi connectivity index (χ4v) is 2.06. The van der Waals surface area contributed by atoms with Gasteiger partial charge in [0.05, 0.1) is 0 Å². The molecule has 0 saturated carbocycles. The van der Waals surface area contributed by atoms with Crippen LogP contribution in [0.3, 0.4) is 0 Å². The standard InChI is InChI=1S/C11H17NS/c1-9(2)7-10(12-3)8-11-5-4-6-13-11/h4-7,10,12H,8H2,1-3H3. The van der Waals surface area contributed by atoms with Gasteiger partial charge in [0.2, 0.25) is 0 Å². The van der Waals surface area contributed by atoms with Crippen LogP contribution >= 0.6 is 11.3 Å². The first-order valence-corrected chi connectivity index (χ1v) is 5.45. The van der Waals surface area contributed by atoms with E-state index >= 15 is 0 Å². The van der Waals surface area contributed by atoms with Gasteiger partial charge in [-0.25, -0.2) is 0 Å². The zero-order valence-electron chi connectivity index (χ0n) is 8.50. The molecular weight excluding hydrogens is 178 g/mol. The second-order valence-electron chi connectivity index (χ2n) is 3.42. The van der Waals surface area contributed by atoms with Crippen molar-refractivity contribution < 1.29 is 0 Å². The molecule has 0 fully saturated rings. The molecule has 1 aromatic rings. The van der Waals surface area contributed by atoms with E-state index in [9.17, 15) is 0 Å². The van der Waals surface area contributed by atoms with Gasteiger partial charge in [-0.1, -0.05) is 17.7 Å². The lowest BCUT2D eigenvalue weighted by Gasteiger charge is -2.10. The van der Waals surface area contributed by atoms with E-state index in [0.717, 1.165) is 6.42 Å². The van der Waals surface area contributed by atoms with Crippen LogP contribution in [0, 0.1) is 0 Å². The van der Waals surface area contributed by atoms with Crippen LogP contribution in [0.5, 0.6) is 0 Å². The van der Waals surface area contributed by atoms with Gasteiger partial charge in [-0.15, -0.1) is 11.3 Å². The van der Waals surface area contributed by atoms with E-state index in [4.69, 9.17) is 0 Å². The van der Waals surface area contributed by atoms with Crippen molar-refractivity contribution >= 4 is 11.3 Å². The topological polar surface area (TPSA) is 12.0 Å². The Morgan fingerprint density at radius 3 is 2.85 bits per heavy atom. The molecule has 0 spiro atoms. The highest BCUT2D eigenvalue weighted by Crippen LogP contribution is 2.12. The first-order chi connectivity index (χ1) is 6.22. The van der Waals surface area contributed by atoms with Gasteiger partial charge in [0.25, 0.3) is 0 Å². The van der Waals surface area contributed by atoms with Crippen LogP contribution < -0.4 is 5.32 Å². The van der Waals surface area contributed by atoms with Crippen LogP contribution in [-0.2, 0) is 6.42 Å². The van der Waals surface area contributed by atoms with Gasteiger partial charge in [-0.05, 0) is 32.3 Å². The molecule has 0 aromatic carbocycles. The van der Waals surface area contributed by atoms with Crippen molar-refractivity contribution in [2.45, 2.75) is 26.3 Å². The first-order valence-electron chi connectivity index (χ1n) is 4.57. The SMILES string of the molecule is CNC(C=C(C)C)Cc1cccs1. The number of allylic oxidation sites excluding steroid dienone is 1. The largest absolute Gasteiger partial charge is 0.313 e. The van der Waals surface area contributed by atoms with Gasteiger partial charge in [0.15, 0.2) is 0 Å². The summed E-state index contributed by atoms with van der Waals surface area (Å²) in [6.45, 7) is 4.28. The van der Waals surface area contributed by atoms with E-state index in [0.29, 0.717) is 6.04 Å². The van der Waals surface area contributed by atoms with Crippen LogP contribution in [-0.4, -0.2) is 13.1 Å². The Balaban J connectivity index is 2.55. The summed E-state index contributed by atoms with van der Waals surface area (Å²) in [5, 5.41) is 5.43. The number of hydrogen-bond donors (Lipinski definition) is 1. The van der Waals surface area contributed by atoms with Crippen LogP contribution in [0.1, 0.15) is 18.7 Å². The number of likely N-dealkylation sites (N-methyl/N-ethyl adjacent to an activating group) is 1. The molecule has 0 radical (unpaired) electrons. The number of rotatable bonds is 4. The predicted octanol–water partition coefficient (Wildman–Crippen LogP) is 2.84. The van der Waals surface area contributed by atoms with Crippen molar-refractivity contribution in [1.29, 1.82) is 0 Å². The molecule has 1 nitrogen and oxygen atoms in total. The van der Waals surface area contributed by atoms with Gasteiger partial charge in [-0.3, -0.25) is 0 Å². The van der Waals surface area contributed by atoms with Gasteiger partial charge in [0, 0.05) is 17.3 Å².